The van der Waals surface area contributed by atoms with E-state index in [4.69, 9.17) is 5.73 Å². The van der Waals surface area contributed by atoms with Crippen molar-refractivity contribution in [2.24, 2.45) is 5.73 Å². The second kappa shape index (κ2) is 4.82. The highest BCUT2D eigenvalue weighted by atomic mass is 16.6. The van der Waals surface area contributed by atoms with Crippen LogP contribution in [0.4, 0.5) is 5.95 Å². The molecule has 15 heavy (non-hydrogen) atoms. The number of rotatable bonds is 5. The fourth-order valence-electron chi connectivity index (χ4n) is 1.10. The molecule has 0 saturated heterocycles. The van der Waals surface area contributed by atoms with Gasteiger partial charge in [0.1, 0.15) is 25.0 Å². The minimum absolute atomic E-state index is 0.107. The summed E-state index contributed by atoms with van der Waals surface area (Å²) in [6, 6.07) is 0. The number of hydrogen-bond donors (Lipinski definition) is 3. The summed E-state index contributed by atoms with van der Waals surface area (Å²) in [5.74, 6) is -0.377. The summed E-state index contributed by atoms with van der Waals surface area (Å²) in [6.45, 7) is -0.224. The van der Waals surface area contributed by atoms with E-state index in [1.165, 1.54) is 12.4 Å². The van der Waals surface area contributed by atoms with Crippen LogP contribution in [-0.2, 0) is 6.54 Å². The molecule has 84 valence electrons. The smallest absolute Gasteiger partial charge is 0.390 e. The van der Waals surface area contributed by atoms with E-state index in [-0.39, 0.29) is 19.0 Å². The molecule has 4 N–H and O–H groups in total. The van der Waals surface area contributed by atoms with Crippen LogP contribution in [-0.4, -0.2) is 43.4 Å². The molecule has 0 amide bonds. The Balaban J connectivity index is 2.72. The lowest BCUT2D eigenvalue weighted by Crippen LogP contribution is -2.36. The molecule has 0 spiro atoms. The van der Waals surface area contributed by atoms with Gasteiger partial charge in [0.15, 0.2) is 0 Å². The van der Waals surface area contributed by atoms with Gasteiger partial charge in [-0.05, 0) is 4.92 Å². The summed E-state index contributed by atoms with van der Waals surface area (Å²) < 4.78 is 1.14. The van der Waals surface area contributed by atoms with Crippen LogP contribution in [0.15, 0.2) is 12.4 Å². The van der Waals surface area contributed by atoms with Gasteiger partial charge < -0.3 is 26.1 Å². The first kappa shape index (κ1) is 11.6. The van der Waals surface area contributed by atoms with E-state index in [0.717, 1.165) is 4.57 Å². The SMILES string of the molecule is NCC(O)C(O)Cn1ccnc1[N+](=O)[O-]. The number of nitro groups is 1. The summed E-state index contributed by atoms with van der Waals surface area (Å²) in [5.41, 5.74) is 5.13. The van der Waals surface area contributed by atoms with Crippen LogP contribution in [0.25, 0.3) is 0 Å². The molecule has 1 aromatic heterocycles. The van der Waals surface area contributed by atoms with Gasteiger partial charge in [-0.2, -0.15) is 0 Å². The van der Waals surface area contributed by atoms with Crippen LogP contribution >= 0.6 is 0 Å². The fraction of sp³-hybridized carbons (Fsp3) is 0.571. The molecular formula is C7H12N4O4. The Morgan fingerprint density at radius 1 is 1.60 bits per heavy atom. The maximum Gasteiger partial charge on any atom is 0.434 e. The van der Waals surface area contributed by atoms with Gasteiger partial charge in [0, 0.05) is 6.54 Å². The lowest BCUT2D eigenvalue weighted by Gasteiger charge is -2.14. The number of nitrogens with zero attached hydrogens (tertiary/aromatic N) is 3. The van der Waals surface area contributed by atoms with E-state index < -0.39 is 17.1 Å². The van der Waals surface area contributed by atoms with Crippen molar-refractivity contribution in [3.63, 3.8) is 0 Å². The molecule has 8 nitrogen and oxygen atoms in total. The number of nitrogens with two attached hydrogens (primary N) is 1. The molecule has 0 aliphatic heterocycles. The first-order valence-electron chi connectivity index (χ1n) is 4.28. The molecule has 0 aromatic carbocycles. The monoisotopic (exact) mass is 216 g/mol. The van der Waals surface area contributed by atoms with Crippen molar-refractivity contribution in [1.82, 2.24) is 9.55 Å². The highest BCUT2D eigenvalue weighted by Gasteiger charge is 2.21. The summed E-state index contributed by atoms with van der Waals surface area (Å²) in [5, 5.41) is 29.0. The normalized spacial score (nSPS) is 14.9. The zero-order valence-corrected chi connectivity index (χ0v) is 7.85. The van der Waals surface area contributed by atoms with Gasteiger partial charge in [-0.3, -0.25) is 0 Å². The Kier molecular flexibility index (Phi) is 3.72. The molecule has 2 unspecified atom stereocenters. The molecule has 0 radical (unpaired) electrons. The average molecular weight is 216 g/mol. The van der Waals surface area contributed by atoms with Crippen molar-refractivity contribution < 1.29 is 15.1 Å². The molecule has 0 aliphatic rings. The number of aliphatic hydroxyl groups excluding tert-OH is 2. The highest BCUT2D eigenvalue weighted by Crippen LogP contribution is 2.09. The third kappa shape index (κ3) is 2.72. The van der Waals surface area contributed by atoms with E-state index >= 15 is 0 Å². The maximum absolute atomic E-state index is 10.5. The Morgan fingerprint density at radius 2 is 2.27 bits per heavy atom. The van der Waals surface area contributed by atoms with Gasteiger partial charge in [0.05, 0.1) is 6.10 Å². The summed E-state index contributed by atoms with van der Waals surface area (Å²) in [6.07, 6.45) is 0.347. The van der Waals surface area contributed by atoms with Crippen LogP contribution in [0.2, 0.25) is 0 Å². The van der Waals surface area contributed by atoms with Crippen LogP contribution in [0.3, 0.4) is 0 Å². The molecule has 1 heterocycles. The van der Waals surface area contributed by atoms with Gasteiger partial charge in [-0.25, -0.2) is 4.57 Å². The van der Waals surface area contributed by atoms with Gasteiger partial charge in [-0.15, -0.1) is 0 Å². The van der Waals surface area contributed by atoms with Gasteiger partial charge in [0.2, 0.25) is 0 Å². The molecule has 0 aliphatic carbocycles. The molecule has 0 fully saturated rings. The predicted molar refractivity (Wildman–Crippen MR) is 49.9 cm³/mol. The average Bonchev–Trinajstić information content (AvgIpc) is 2.64. The first-order valence-corrected chi connectivity index (χ1v) is 4.28. The molecule has 1 aromatic rings. The molecule has 1 rings (SSSR count). The fourth-order valence-corrected chi connectivity index (χ4v) is 1.10. The maximum atomic E-state index is 10.5. The Hall–Kier alpha value is -1.51. The zero-order chi connectivity index (χ0) is 11.4. The molecule has 2 atom stereocenters. The standard InChI is InChI=1S/C7H12N4O4/c8-3-5(12)6(13)4-10-2-1-9-7(10)11(14)15/h1-2,5-6,12-13H,3-4,8H2. The van der Waals surface area contributed by atoms with Crippen LogP contribution < -0.4 is 5.73 Å². The van der Waals surface area contributed by atoms with Crippen LogP contribution in [0, 0.1) is 10.1 Å². The number of aromatic nitrogens is 2. The summed E-state index contributed by atoms with van der Waals surface area (Å²) in [7, 11) is 0. The Labute approximate surface area is 85.1 Å². The minimum atomic E-state index is -1.15. The topological polar surface area (TPSA) is 127 Å². The second-order valence-electron chi connectivity index (χ2n) is 3.01. The summed E-state index contributed by atoms with van der Waals surface area (Å²) >= 11 is 0. The van der Waals surface area contributed by atoms with E-state index in [1.54, 1.807) is 0 Å². The van der Waals surface area contributed by atoms with E-state index in [2.05, 4.69) is 4.98 Å². The highest BCUT2D eigenvalue weighted by molar-refractivity contribution is 5.06. The third-order valence-electron chi connectivity index (χ3n) is 1.93. The molecular weight excluding hydrogens is 204 g/mol. The van der Waals surface area contributed by atoms with Crippen LogP contribution in [0.5, 0.6) is 0 Å². The predicted octanol–water partition coefficient (Wildman–Crippen LogP) is -1.53. The Morgan fingerprint density at radius 3 is 2.80 bits per heavy atom. The lowest BCUT2D eigenvalue weighted by molar-refractivity contribution is -0.397. The zero-order valence-electron chi connectivity index (χ0n) is 7.85. The largest absolute Gasteiger partial charge is 0.434 e. The van der Waals surface area contributed by atoms with Crippen molar-refractivity contribution in [3.05, 3.63) is 22.5 Å². The minimum Gasteiger partial charge on any atom is -0.390 e. The quantitative estimate of drug-likeness (QED) is 0.404. The number of imidazole rings is 1. The van der Waals surface area contributed by atoms with E-state index in [9.17, 15) is 20.3 Å². The lowest BCUT2D eigenvalue weighted by atomic mass is 10.2. The van der Waals surface area contributed by atoms with Crippen molar-refractivity contribution in [2.75, 3.05) is 6.54 Å². The van der Waals surface area contributed by atoms with Crippen LogP contribution in [0.1, 0.15) is 0 Å². The van der Waals surface area contributed by atoms with Gasteiger partial charge in [-0.1, -0.05) is 4.98 Å². The third-order valence-corrected chi connectivity index (χ3v) is 1.93. The number of hydrogen-bond acceptors (Lipinski definition) is 6. The van der Waals surface area contributed by atoms with E-state index in [1.807, 2.05) is 0 Å². The van der Waals surface area contributed by atoms with Gasteiger partial charge in [0.25, 0.3) is 0 Å². The van der Waals surface area contributed by atoms with Crippen molar-refractivity contribution >= 4 is 5.95 Å². The molecule has 0 saturated carbocycles. The summed E-state index contributed by atoms with van der Waals surface area (Å²) in [4.78, 5) is 13.3. The van der Waals surface area contributed by atoms with E-state index in [0.29, 0.717) is 0 Å². The van der Waals surface area contributed by atoms with Crippen molar-refractivity contribution in [3.8, 4) is 0 Å². The molecule has 8 heteroatoms. The first-order chi connectivity index (χ1) is 7.06. The van der Waals surface area contributed by atoms with Gasteiger partial charge >= 0.3 is 5.95 Å². The Bertz CT molecular complexity index is 339. The second-order valence-corrected chi connectivity index (χ2v) is 3.01. The molecule has 0 bridgehead atoms. The number of aliphatic hydroxyl groups is 2. The van der Waals surface area contributed by atoms with Crippen molar-refractivity contribution in [2.45, 2.75) is 18.8 Å². The van der Waals surface area contributed by atoms with Crippen molar-refractivity contribution in [1.29, 1.82) is 0 Å².